The first-order valence-corrected chi connectivity index (χ1v) is 12.3. The Bertz CT molecular complexity index is 1130. The number of carbonyl (C=O) groups is 1. The van der Waals surface area contributed by atoms with E-state index in [0.29, 0.717) is 6.42 Å². The van der Waals surface area contributed by atoms with Gasteiger partial charge in [-0.25, -0.2) is 10.9 Å². The summed E-state index contributed by atoms with van der Waals surface area (Å²) in [6.07, 6.45) is 5.66. The minimum Gasteiger partial charge on any atom is -0.497 e. The van der Waals surface area contributed by atoms with Crippen molar-refractivity contribution >= 4 is 17.4 Å². The number of amides is 1. The van der Waals surface area contributed by atoms with E-state index >= 15 is 0 Å². The molecule has 2 aromatic carbocycles. The molecule has 3 aromatic rings. The summed E-state index contributed by atoms with van der Waals surface area (Å²) in [6.45, 7) is 2.10. The summed E-state index contributed by atoms with van der Waals surface area (Å²) in [7, 11) is 1.65. The maximum Gasteiger partial charge on any atom is 0.242 e. The standard InChI is InChI=1S/C27H32N6O2/c1-35-22-8-6-7-20(17-22)24-18-25(31-30-24)27(34)28-21-11-9-19(10-12-21)23-13-14-26(32-29-23)33-15-4-2-3-5-16-33/h6-14,17,24-25,30-31H,2-5,15-16,18H2,1H3,(H,28,34). The van der Waals surface area contributed by atoms with Gasteiger partial charge in [0.05, 0.1) is 12.8 Å². The van der Waals surface area contributed by atoms with Crippen molar-refractivity contribution < 1.29 is 9.53 Å². The Balaban J connectivity index is 1.17. The smallest absolute Gasteiger partial charge is 0.242 e. The third-order valence-corrected chi connectivity index (χ3v) is 6.74. The third-order valence-electron chi connectivity index (χ3n) is 6.74. The maximum atomic E-state index is 12.8. The van der Waals surface area contributed by atoms with Crippen LogP contribution in [0.3, 0.4) is 0 Å². The van der Waals surface area contributed by atoms with E-state index in [0.717, 1.165) is 47.2 Å². The zero-order chi connectivity index (χ0) is 24.0. The van der Waals surface area contributed by atoms with Crippen molar-refractivity contribution in [2.45, 2.75) is 44.2 Å². The lowest BCUT2D eigenvalue weighted by Gasteiger charge is -2.20. The second kappa shape index (κ2) is 10.8. The molecule has 2 saturated heterocycles. The normalized spacial score (nSPS) is 20.3. The number of benzene rings is 2. The van der Waals surface area contributed by atoms with Crippen LogP contribution >= 0.6 is 0 Å². The lowest BCUT2D eigenvalue weighted by Crippen LogP contribution is -2.39. The highest BCUT2D eigenvalue weighted by atomic mass is 16.5. The van der Waals surface area contributed by atoms with Crippen molar-refractivity contribution in [3.63, 3.8) is 0 Å². The van der Waals surface area contributed by atoms with Crippen molar-refractivity contribution in [3.8, 4) is 17.0 Å². The molecule has 2 unspecified atom stereocenters. The fraction of sp³-hybridized carbons (Fsp3) is 0.370. The third kappa shape index (κ3) is 5.61. The lowest BCUT2D eigenvalue weighted by molar-refractivity contribution is -0.117. The van der Waals surface area contributed by atoms with Crippen molar-refractivity contribution in [3.05, 3.63) is 66.2 Å². The van der Waals surface area contributed by atoms with Gasteiger partial charge in [0.1, 0.15) is 11.8 Å². The molecular weight excluding hydrogens is 440 g/mol. The summed E-state index contributed by atoms with van der Waals surface area (Å²) >= 11 is 0. The Morgan fingerprint density at radius 3 is 2.49 bits per heavy atom. The average molecular weight is 473 g/mol. The predicted octanol–water partition coefficient (Wildman–Crippen LogP) is 4.08. The summed E-state index contributed by atoms with van der Waals surface area (Å²) in [5, 5.41) is 11.9. The Labute approximate surface area is 206 Å². The van der Waals surface area contributed by atoms with E-state index in [-0.39, 0.29) is 18.0 Å². The molecule has 5 rings (SSSR count). The lowest BCUT2D eigenvalue weighted by atomic mass is 10.0. The van der Waals surface area contributed by atoms with Crippen molar-refractivity contribution in [1.82, 2.24) is 21.0 Å². The van der Waals surface area contributed by atoms with E-state index in [1.807, 2.05) is 54.6 Å². The van der Waals surface area contributed by atoms with Crippen LogP contribution in [-0.4, -0.2) is 42.3 Å². The van der Waals surface area contributed by atoms with Crippen LogP contribution in [0.15, 0.2) is 60.7 Å². The zero-order valence-corrected chi connectivity index (χ0v) is 20.0. The summed E-state index contributed by atoms with van der Waals surface area (Å²) in [5.74, 6) is 1.68. The summed E-state index contributed by atoms with van der Waals surface area (Å²) in [4.78, 5) is 15.1. The van der Waals surface area contributed by atoms with E-state index in [4.69, 9.17) is 4.74 Å². The van der Waals surface area contributed by atoms with Gasteiger partial charge in [0.2, 0.25) is 5.91 Å². The molecule has 0 saturated carbocycles. The van der Waals surface area contributed by atoms with Gasteiger partial charge in [-0.15, -0.1) is 10.2 Å². The van der Waals surface area contributed by atoms with Crippen molar-refractivity contribution in [2.24, 2.45) is 0 Å². The van der Waals surface area contributed by atoms with E-state index in [9.17, 15) is 4.79 Å². The van der Waals surface area contributed by atoms with E-state index < -0.39 is 0 Å². The van der Waals surface area contributed by atoms with Gasteiger partial charge in [-0.3, -0.25) is 4.79 Å². The number of nitrogens with one attached hydrogen (secondary N) is 3. The van der Waals surface area contributed by atoms with Gasteiger partial charge in [-0.05, 0) is 61.2 Å². The molecule has 2 atom stereocenters. The second-order valence-electron chi connectivity index (χ2n) is 9.15. The fourth-order valence-electron chi connectivity index (χ4n) is 4.71. The van der Waals surface area contributed by atoms with Gasteiger partial charge >= 0.3 is 0 Å². The molecular formula is C27H32N6O2. The largest absolute Gasteiger partial charge is 0.497 e. The molecule has 182 valence electrons. The van der Waals surface area contributed by atoms with Crippen LogP contribution < -0.4 is 25.8 Å². The monoisotopic (exact) mass is 472 g/mol. The van der Waals surface area contributed by atoms with E-state index in [1.54, 1.807) is 7.11 Å². The number of rotatable bonds is 6. The zero-order valence-electron chi connectivity index (χ0n) is 20.0. The van der Waals surface area contributed by atoms with Gasteiger partial charge in [0.15, 0.2) is 5.82 Å². The van der Waals surface area contributed by atoms with Crippen LogP contribution in [0.4, 0.5) is 11.5 Å². The molecule has 8 nitrogen and oxygen atoms in total. The number of carbonyl (C=O) groups excluding carboxylic acids is 1. The molecule has 0 spiro atoms. The first-order chi connectivity index (χ1) is 17.2. The number of nitrogens with zero attached hydrogens (tertiary/aromatic N) is 3. The number of aromatic nitrogens is 2. The number of hydrazine groups is 1. The molecule has 0 bridgehead atoms. The number of methoxy groups -OCH3 is 1. The number of anilines is 2. The Morgan fingerprint density at radius 1 is 0.971 bits per heavy atom. The molecule has 0 aliphatic carbocycles. The summed E-state index contributed by atoms with van der Waals surface area (Å²) in [6, 6.07) is 19.4. The van der Waals surface area contributed by atoms with Crippen LogP contribution in [0.25, 0.3) is 11.3 Å². The predicted molar refractivity (Wildman–Crippen MR) is 137 cm³/mol. The maximum absolute atomic E-state index is 12.8. The second-order valence-corrected chi connectivity index (χ2v) is 9.15. The van der Waals surface area contributed by atoms with Gasteiger partial charge < -0.3 is 15.0 Å². The van der Waals surface area contributed by atoms with Gasteiger partial charge in [0.25, 0.3) is 0 Å². The van der Waals surface area contributed by atoms with Crippen LogP contribution in [0.2, 0.25) is 0 Å². The van der Waals surface area contributed by atoms with Crippen LogP contribution in [0, 0.1) is 0 Å². The van der Waals surface area contributed by atoms with Crippen molar-refractivity contribution in [2.75, 3.05) is 30.4 Å². The number of ether oxygens (including phenoxy) is 1. The molecule has 1 aromatic heterocycles. The number of hydrogen-bond acceptors (Lipinski definition) is 7. The number of hydrogen-bond donors (Lipinski definition) is 3. The SMILES string of the molecule is COc1cccc(C2CC(C(=O)Nc3ccc(-c4ccc(N5CCCCCC5)nn4)cc3)NN2)c1. The molecule has 3 heterocycles. The molecule has 2 fully saturated rings. The molecule has 8 heteroatoms. The highest BCUT2D eigenvalue weighted by Gasteiger charge is 2.30. The molecule has 2 aliphatic heterocycles. The highest BCUT2D eigenvalue weighted by molar-refractivity contribution is 5.95. The molecule has 2 aliphatic rings. The van der Waals surface area contributed by atoms with Gasteiger partial charge in [-0.1, -0.05) is 37.1 Å². The summed E-state index contributed by atoms with van der Waals surface area (Å²) in [5.41, 5.74) is 9.95. The van der Waals surface area contributed by atoms with Crippen molar-refractivity contribution in [1.29, 1.82) is 0 Å². The first kappa shape index (κ1) is 23.3. The van der Waals surface area contributed by atoms with Crippen LogP contribution in [0.5, 0.6) is 5.75 Å². The van der Waals surface area contributed by atoms with Crippen LogP contribution in [-0.2, 0) is 4.79 Å². The Kier molecular flexibility index (Phi) is 7.20. The molecule has 3 N–H and O–H groups in total. The average Bonchev–Trinajstić information content (AvgIpc) is 3.25. The van der Waals surface area contributed by atoms with Gasteiger partial charge in [0, 0.05) is 30.4 Å². The van der Waals surface area contributed by atoms with Crippen LogP contribution in [0.1, 0.15) is 43.7 Å². The highest BCUT2D eigenvalue weighted by Crippen LogP contribution is 2.26. The Hall–Kier alpha value is -3.49. The first-order valence-electron chi connectivity index (χ1n) is 12.3. The molecule has 0 radical (unpaired) electrons. The fourth-order valence-corrected chi connectivity index (χ4v) is 4.71. The topological polar surface area (TPSA) is 91.4 Å². The minimum absolute atomic E-state index is 0.0408. The quantitative estimate of drug-likeness (QED) is 0.498. The van der Waals surface area contributed by atoms with E-state index in [2.05, 4.69) is 37.3 Å². The van der Waals surface area contributed by atoms with E-state index in [1.165, 1.54) is 25.7 Å². The Morgan fingerprint density at radius 2 is 1.77 bits per heavy atom. The van der Waals surface area contributed by atoms with Gasteiger partial charge in [-0.2, -0.15) is 0 Å². The molecule has 1 amide bonds. The molecule has 35 heavy (non-hydrogen) atoms. The summed E-state index contributed by atoms with van der Waals surface area (Å²) < 4.78 is 5.31. The minimum atomic E-state index is -0.330.